The molecule has 0 unspecified atom stereocenters. The molecule has 1 aliphatic heterocycles. The van der Waals surface area contributed by atoms with Crippen molar-refractivity contribution in [2.75, 3.05) is 0 Å². The molecule has 0 aromatic heterocycles. The number of hydrogen-bond acceptors (Lipinski definition) is 2. The van der Waals surface area contributed by atoms with E-state index in [9.17, 15) is 9.59 Å². The average molecular weight is 417 g/mol. The third-order valence-corrected chi connectivity index (χ3v) is 6.54. The molecule has 0 N–H and O–H groups in total. The number of amidine groups is 2. The first-order chi connectivity index (χ1) is 14.0. The number of amides is 4. The van der Waals surface area contributed by atoms with Gasteiger partial charge in [0, 0.05) is 22.9 Å². The minimum absolute atomic E-state index is 0.138. The minimum Gasteiger partial charge on any atom is -0.274 e. The first-order valence-corrected chi connectivity index (χ1v) is 11.9. The molecular weight excluding hydrogens is 376 g/mol. The summed E-state index contributed by atoms with van der Waals surface area (Å²) in [5, 5.41) is 0. The third-order valence-electron chi connectivity index (χ3n) is 6.54. The molecule has 0 aromatic rings. The topological polar surface area (TPSA) is 65.3 Å². The van der Waals surface area contributed by atoms with Crippen LogP contribution < -0.4 is 0 Å². The standard InChI is InChI=1S/C24H40N4O2/c1-23(2,3)27-19(17-13-9-7-10-14-17)25-22(30)28(24(4,5)6)20(26-21(27)29)18-15-11-8-12-16-18/h17-18H,7-16H2,1-6H3/b25-19-,26-20-. The molecule has 0 saturated heterocycles. The van der Waals surface area contributed by atoms with E-state index >= 15 is 0 Å². The zero-order chi connectivity index (χ0) is 22.1. The zero-order valence-electron chi connectivity index (χ0n) is 19.8. The van der Waals surface area contributed by atoms with Crippen LogP contribution in [0.15, 0.2) is 9.98 Å². The largest absolute Gasteiger partial charge is 0.351 e. The van der Waals surface area contributed by atoms with Crippen molar-refractivity contribution in [3.05, 3.63) is 0 Å². The summed E-state index contributed by atoms with van der Waals surface area (Å²) < 4.78 is 0. The first kappa shape index (κ1) is 23.0. The fourth-order valence-electron chi connectivity index (χ4n) is 5.12. The van der Waals surface area contributed by atoms with E-state index in [1.165, 1.54) is 12.8 Å². The van der Waals surface area contributed by atoms with Crippen molar-refractivity contribution in [1.82, 2.24) is 9.80 Å². The van der Waals surface area contributed by atoms with Crippen LogP contribution in [-0.2, 0) is 0 Å². The quantitative estimate of drug-likeness (QED) is 0.523. The number of carbonyl (C=O) groups excluding carboxylic acids is 2. The van der Waals surface area contributed by atoms with E-state index in [0.717, 1.165) is 51.4 Å². The average Bonchev–Trinajstić information content (AvgIpc) is 2.65. The zero-order valence-corrected chi connectivity index (χ0v) is 19.8. The minimum atomic E-state index is -0.487. The Morgan fingerprint density at radius 3 is 1.17 bits per heavy atom. The van der Waals surface area contributed by atoms with Crippen molar-refractivity contribution in [2.45, 2.75) is 117 Å². The van der Waals surface area contributed by atoms with Gasteiger partial charge in [-0.2, -0.15) is 9.98 Å². The molecule has 4 amide bonds. The monoisotopic (exact) mass is 416 g/mol. The van der Waals surface area contributed by atoms with Gasteiger partial charge in [0.05, 0.1) is 0 Å². The number of nitrogens with zero attached hydrogens (tertiary/aromatic N) is 4. The van der Waals surface area contributed by atoms with Gasteiger partial charge in [0.2, 0.25) is 0 Å². The smallest absolute Gasteiger partial charge is 0.274 e. The highest BCUT2D eigenvalue weighted by atomic mass is 16.2. The first-order valence-electron chi connectivity index (χ1n) is 11.9. The molecule has 3 aliphatic rings. The maximum atomic E-state index is 13.6. The van der Waals surface area contributed by atoms with Crippen molar-refractivity contribution < 1.29 is 9.59 Å². The molecule has 0 atom stereocenters. The lowest BCUT2D eigenvalue weighted by Gasteiger charge is -2.43. The van der Waals surface area contributed by atoms with Crippen LogP contribution in [0, 0.1) is 11.8 Å². The number of aliphatic imine (C=N–C) groups is 2. The molecule has 2 fully saturated rings. The summed E-state index contributed by atoms with van der Waals surface area (Å²) in [6.45, 7) is 12.0. The summed E-state index contributed by atoms with van der Waals surface area (Å²) in [4.78, 5) is 40.0. The van der Waals surface area contributed by atoms with Crippen LogP contribution in [-0.4, -0.2) is 44.6 Å². The van der Waals surface area contributed by atoms with Gasteiger partial charge in [0.25, 0.3) is 0 Å². The highest BCUT2D eigenvalue weighted by Gasteiger charge is 2.42. The van der Waals surface area contributed by atoms with Crippen molar-refractivity contribution in [3.63, 3.8) is 0 Å². The maximum absolute atomic E-state index is 13.6. The van der Waals surface area contributed by atoms with Crippen LogP contribution in [0.4, 0.5) is 9.59 Å². The Morgan fingerprint density at radius 2 is 0.900 bits per heavy atom. The highest BCUT2D eigenvalue weighted by Crippen LogP contribution is 2.34. The summed E-state index contributed by atoms with van der Waals surface area (Å²) in [6, 6.07) is -0.539. The Balaban J connectivity index is 2.12. The van der Waals surface area contributed by atoms with Crippen LogP contribution in [0.2, 0.25) is 0 Å². The Hall–Kier alpha value is -1.72. The van der Waals surface area contributed by atoms with E-state index in [1.807, 2.05) is 41.5 Å². The lowest BCUT2D eigenvalue weighted by Crippen LogP contribution is -2.57. The normalized spacial score (nSPS) is 27.3. The van der Waals surface area contributed by atoms with Crippen LogP contribution in [0.3, 0.4) is 0 Å². The summed E-state index contributed by atoms with van der Waals surface area (Å²) in [7, 11) is 0. The van der Waals surface area contributed by atoms with Gasteiger partial charge >= 0.3 is 12.1 Å². The molecule has 1 heterocycles. The Bertz CT molecular complexity index is 652. The van der Waals surface area contributed by atoms with E-state index in [1.54, 1.807) is 9.80 Å². The number of hydrogen-bond donors (Lipinski definition) is 0. The summed E-state index contributed by atoms with van der Waals surface area (Å²) >= 11 is 0. The number of urea groups is 2. The molecule has 3 rings (SSSR count). The van der Waals surface area contributed by atoms with Crippen molar-refractivity contribution in [2.24, 2.45) is 21.8 Å². The molecule has 2 saturated carbocycles. The SMILES string of the molecule is CC(C)(C)N1C(=O)/N=C(/C2CCCCC2)N(C(C)(C)C)C(=O)/N=C\1C1CCCCC1. The van der Waals surface area contributed by atoms with Gasteiger partial charge < -0.3 is 0 Å². The molecule has 0 aromatic carbocycles. The number of carbonyl (C=O) groups is 2. The Kier molecular flexibility index (Phi) is 6.73. The lowest BCUT2D eigenvalue weighted by atomic mass is 9.86. The fourth-order valence-corrected chi connectivity index (χ4v) is 5.12. The van der Waals surface area contributed by atoms with Crippen molar-refractivity contribution >= 4 is 23.7 Å². The second kappa shape index (κ2) is 8.80. The van der Waals surface area contributed by atoms with E-state index < -0.39 is 11.1 Å². The second-order valence-electron chi connectivity index (χ2n) is 11.2. The van der Waals surface area contributed by atoms with E-state index in [0.29, 0.717) is 11.7 Å². The predicted octanol–water partition coefficient (Wildman–Crippen LogP) is 6.40. The molecule has 0 spiro atoms. The van der Waals surface area contributed by atoms with E-state index in [-0.39, 0.29) is 23.9 Å². The van der Waals surface area contributed by atoms with Gasteiger partial charge in [-0.05, 0) is 67.2 Å². The van der Waals surface area contributed by atoms with Crippen molar-refractivity contribution in [1.29, 1.82) is 0 Å². The van der Waals surface area contributed by atoms with Gasteiger partial charge in [-0.1, -0.05) is 38.5 Å². The van der Waals surface area contributed by atoms with Crippen LogP contribution in [0.1, 0.15) is 106 Å². The highest BCUT2D eigenvalue weighted by molar-refractivity contribution is 6.13. The predicted molar refractivity (Wildman–Crippen MR) is 122 cm³/mol. The van der Waals surface area contributed by atoms with E-state index in [4.69, 9.17) is 0 Å². The number of rotatable bonds is 2. The van der Waals surface area contributed by atoms with Gasteiger partial charge in [-0.15, -0.1) is 0 Å². The fraction of sp³-hybridized carbons (Fsp3) is 0.833. The van der Waals surface area contributed by atoms with Crippen LogP contribution >= 0.6 is 0 Å². The molecule has 0 bridgehead atoms. The molecule has 6 heteroatoms. The van der Waals surface area contributed by atoms with Crippen LogP contribution in [0.5, 0.6) is 0 Å². The third kappa shape index (κ3) is 4.94. The van der Waals surface area contributed by atoms with Crippen molar-refractivity contribution in [3.8, 4) is 0 Å². The molecule has 30 heavy (non-hydrogen) atoms. The molecular formula is C24H40N4O2. The Morgan fingerprint density at radius 1 is 0.600 bits per heavy atom. The molecule has 168 valence electrons. The second-order valence-corrected chi connectivity index (χ2v) is 11.2. The van der Waals surface area contributed by atoms with E-state index in [2.05, 4.69) is 9.98 Å². The summed E-state index contributed by atoms with van der Waals surface area (Å²) in [5.41, 5.74) is -0.975. The summed E-state index contributed by atoms with van der Waals surface area (Å²) in [6.07, 6.45) is 10.8. The lowest BCUT2D eigenvalue weighted by molar-refractivity contribution is 0.181. The molecule has 2 aliphatic carbocycles. The molecule has 6 nitrogen and oxygen atoms in total. The van der Waals surface area contributed by atoms with Gasteiger partial charge in [0.15, 0.2) is 0 Å². The van der Waals surface area contributed by atoms with Gasteiger partial charge in [-0.25, -0.2) is 9.59 Å². The maximum Gasteiger partial charge on any atom is 0.351 e. The Labute approximate surface area is 182 Å². The van der Waals surface area contributed by atoms with Gasteiger partial charge in [-0.3, -0.25) is 9.80 Å². The van der Waals surface area contributed by atoms with Gasteiger partial charge in [0.1, 0.15) is 11.7 Å². The summed E-state index contributed by atoms with van der Waals surface area (Å²) in [5.74, 6) is 1.52. The molecule has 0 radical (unpaired) electrons. The van der Waals surface area contributed by atoms with Crippen LogP contribution in [0.25, 0.3) is 0 Å².